The third-order valence-electron chi connectivity index (χ3n) is 6.11. The Balaban J connectivity index is 1.81. The number of nitrogens with one attached hydrogen (secondary N) is 1. The summed E-state index contributed by atoms with van der Waals surface area (Å²) in [5.41, 5.74) is -1.01. The summed E-state index contributed by atoms with van der Waals surface area (Å²) in [6.07, 6.45) is 2.41. The molecule has 2 atom stereocenters. The second-order valence-corrected chi connectivity index (χ2v) is 11.0. The molecular weight excluding hydrogens is 500 g/mol. The molecule has 0 bridgehead atoms. The van der Waals surface area contributed by atoms with E-state index in [0.717, 1.165) is 11.2 Å². The van der Waals surface area contributed by atoms with Crippen LogP contribution in [0.2, 0.25) is 0 Å². The lowest BCUT2D eigenvalue weighted by Crippen LogP contribution is -2.46. The lowest BCUT2D eigenvalue weighted by molar-refractivity contribution is -0.0850. The van der Waals surface area contributed by atoms with Gasteiger partial charge >= 0.3 is 0 Å². The summed E-state index contributed by atoms with van der Waals surface area (Å²) in [6, 6.07) is 11.5. The molecule has 1 aromatic heterocycles. The zero-order chi connectivity index (χ0) is 27.0. The van der Waals surface area contributed by atoms with Crippen molar-refractivity contribution in [3.8, 4) is 11.5 Å². The maximum absolute atomic E-state index is 13.9. The first-order valence-corrected chi connectivity index (χ1v) is 13.6. The van der Waals surface area contributed by atoms with E-state index in [2.05, 4.69) is 5.32 Å². The number of hydrogen-bond acceptors (Lipinski definition) is 8. The molecule has 0 aliphatic carbocycles. The summed E-state index contributed by atoms with van der Waals surface area (Å²) < 4.78 is 41.1. The number of amides is 2. The number of carbonyl (C=O) groups excluding carboxylic acids is 2. The van der Waals surface area contributed by atoms with Crippen molar-refractivity contribution < 1.29 is 37.0 Å². The van der Waals surface area contributed by atoms with Gasteiger partial charge in [0.1, 0.15) is 9.84 Å². The summed E-state index contributed by atoms with van der Waals surface area (Å²) in [5, 5.41) is 14.3. The topological polar surface area (TPSA) is 135 Å². The molecule has 0 saturated heterocycles. The quantitative estimate of drug-likeness (QED) is 0.432. The van der Waals surface area contributed by atoms with Crippen molar-refractivity contribution in [2.45, 2.75) is 25.6 Å². The minimum Gasteiger partial charge on any atom is -0.493 e. The van der Waals surface area contributed by atoms with Crippen molar-refractivity contribution in [1.29, 1.82) is 0 Å². The monoisotopic (exact) mass is 528 g/mol. The zero-order valence-corrected chi connectivity index (χ0v) is 21.7. The predicted octanol–water partition coefficient (Wildman–Crippen LogP) is 3.35. The molecule has 37 heavy (non-hydrogen) atoms. The van der Waals surface area contributed by atoms with Crippen molar-refractivity contribution in [2.24, 2.45) is 0 Å². The van der Waals surface area contributed by atoms with E-state index in [-0.39, 0.29) is 22.6 Å². The molecular formula is C26H28N2O8S. The maximum atomic E-state index is 13.9. The summed E-state index contributed by atoms with van der Waals surface area (Å²) >= 11 is 0. The van der Waals surface area contributed by atoms with Crippen LogP contribution in [0.25, 0.3) is 0 Å². The molecule has 3 aromatic rings. The average Bonchev–Trinajstić information content (AvgIpc) is 3.44. The molecule has 0 saturated carbocycles. The van der Waals surface area contributed by atoms with Crippen molar-refractivity contribution in [2.75, 3.05) is 31.0 Å². The van der Waals surface area contributed by atoms with Gasteiger partial charge in [-0.05, 0) is 49.7 Å². The minimum absolute atomic E-state index is 0.0447. The average molecular weight is 529 g/mol. The van der Waals surface area contributed by atoms with Gasteiger partial charge < -0.3 is 24.3 Å². The fourth-order valence-corrected chi connectivity index (χ4v) is 5.46. The molecule has 0 fully saturated rings. The summed E-state index contributed by atoms with van der Waals surface area (Å²) in [4.78, 5) is 27.6. The van der Waals surface area contributed by atoms with Crippen LogP contribution in [0, 0.1) is 0 Å². The van der Waals surface area contributed by atoms with Crippen LogP contribution in [0.1, 0.15) is 51.9 Å². The number of methoxy groups -OCH3 is 1. The van der Waals surface area contributed by atoms with Crippen LogP contribution < -0.4 is 14.8 Å². The second-order valence-electron chi connectivity index (χ2n) is 8.81. The molecule has 196 valence electrons. The number of sulfone groups is 1. The normalized spacial score (nSPS) is 17.9. The van der Waals surface area contributed by atoms with Crippen LogP contribution in [0.15, 0.2) is 59.2 Å². The van der Waals surface area contributed by atoms with Gasteiger partial charge in [-0.2, -0.15) is 0 Å². The number of furan rings is 1. The van der Waals surface area contributed by atoms with Gasteiger partial charge in [-0.1, -0.05) is 18.2 Å². The molecule has 2 amide bonds. The number of anilines is 1. The van der Waals surface area contributed by atoms with Crippen LogP contribution in [-0.2, 0) is 15.6 Å². The summed E-state index contributed by atoms with van der Waals surface area (Å²) in [5.74, 6) is -0.824. The highest BCUT2D eigenvalue weighted by molar-refractivity contribution is 7.90. The Morgan fingerprint density at radius 2 is 1.95 bits per heavy atom. The van der Waals surface area contributed by atoms with Gasteiger partial charge in [-0.15, -0.1) is 0 Å². The van der Waals surface area contributed by atoms with Crippen molar-refractivity contribution in [3.63, 3.8) is 0 Å². The molecule has 11 heteroatoms. The highest BCUT2D eigenvalue weighted by Crippen LogP contribution is 2.46. The number of benzene rings is 2. The van der Waals surface area contributed by atoms with Crippen LogP contribution in [-0.4, -0.2) is 56.0 Å². The zero-order valence-electron chi connectivity index (χ0n) is 20.8. The van der Waals surface area contributed by atoms with E-state index >= 15 is 0 Å². The Kier molecular flexibility index (Phi) is 7.03. The van der Waals surface area contributed by atoms with Gasteiger partial charge in [0, 0.05) is 11.8 Å². The molecule has 0 spiro atoms. The van der Waals surface area contributed by atoms with E-state index in [1.807, 2.05) is 0 Å². The number of ether oxygens (including phenoxy) is 2. The van der Waals surface area contributed by atoms with Gasteiger partial charge in [0.15, 0.2) is 23.0 Å². The first-order chi connectivity index (χ1) is 17.5. The minimum atomic E-state index is -3.63. The first kappa shape index (κ1) is 26.2. The van der Waals surface area contributed by atoms with Crippen molar-refractivity contribution >= 4 is 27.3 Å². The van der Waals surface area contributed by atoms with E-state index in [1.54, 1.807) is 43.3 Å². The SMILES string of the molecule is CCOc1cc(C(CS(C)(=O)=O)N2C(=O)c3c(NC(=O)c4ccco4)cccc3C2(C)O)ccc1OC. The Bertz CT molecular complexity index is 1430. The fourth-order valence-electron chi connectivity index (χ4n) is 4.54. The van der Waals surface area contributed by atoms with E-state index < -0.39 is 39.2 Å². The van der Waals surface area contributed by atoms with E-state index in [0.29, 0.717) is 23.7 Å². The van der Waals surface area contributed by atoms with Gasteiger partial charge in [0.25, 0.3) is 11.8 Å². The molecule has 10 nitrogen and oxygen atoms in total. The molecule has 2 N–H and O–H groups in total. The van der Waals surface area contributed by atoms with Crippen molar-refractivity contribution in [3.05, 3.63) is 77.2 Å². The number of carbonyl (C=O) groups is 2. The summed E-state index contributed by atoms with van der Waals surface area (Å²) in [6.45, 7) is 3.54. The third kappa shape index (κ3) is 5.05. The highest BCUT2D eigenvalue weighted by Gasteiger charge is 2.50. The third-order valence-corrected chi connectivity index (χ3v) is 7.04. The Morgan fingerprint density at radius 1 is 1.19 bits per heavy atom. The standard InChI is InChI=1S/C26H28N2O8S/c1-5-35-22-14-16(11-12-20(22)34-3)19(15-37(4,32)33)28-25(30)23-17(26(28,2)31)8-6-9-18(23)27-24(29)21-10-7-13-36-21/h6-14,19,31H,5,15H2,1-4H3,(H,27,29). The fraction of sp³-hybridized carbons (Fsp3) is 0.308. The Labute approximate surface area is 214 Å². The lowest BCUT2D eigenvalue weighted by atomic mass is 10.00. The van der Waals surface area contributed by atoms with E-state index in [9.17, 15) is 23.1 Å². The van der Waals surface area contributed by atoms with Gasteiger partial charge in [-0.25, -0.2) is 8.42 Å². The molecule has 2 heterocycles. The molecule has 0 radical (unpaired) electrons. The van der Waals surface area contributed by atoms with Crippen LogP contribution in [0.5, 0.6) is 11.5 Å². The second kappa shape index (κ2) is 9.91. The molecule has 1 aliphatic heterocycles. The first-order valence-electron chi connectivity index (χ1n) is 11.5. The Morgan fingerprint density at radius 3 is 2.57 bits per heavy atom. The van der Waals surface area contributed by atoms with E-state index in [1.165, 1.54) is 32.4 Å². The summed E-state index contributed by atoms with van der Waals surface area (Å²) in [7, 11) is -2.15. The van der Waals surface area contributed by atoms with Gasteiger partial charge in [0.2, 0.25) is 0 Å². The largest absolute Gasteiger partial charge is 0.493 e. The number of rotatable bonds is 9. The molecule has 2 aromatic carbocycles. The molecule has 1 aliphatic rings. The van der Waals surface area contributed by atoms with Crippen LogP contribution in [0.3, 0.4) is 0 Å². The van der Waals surface area contributed by atoms with Crippen molar-refractivity contribution in [1.82, 2.24) is 4.90 Å². The van der Waals surface area contributed by atoms with Crippen LogP contribution >= 0.6 is 0 Å². The number of nitrogens with zero attached hydrogens (tertiary/aromatic N) is 1. The number of hydrogen-bond donors (Lipinski definition) is 2. The highest BCUT2D eigenvalue weighted by atomic mass is 32.2. The van der Waals surface area contributed by atoms with Gasteiger partial charge in [0.05, 0.1) is 43.0 Å². The van der Waals surface area contributed by atoms with E-state index in [4.69, 9.17) is 13.9 Å². The number of fused-ring (bicyclic) bond motifs is 1. The molecule has 2 unspecified atom stereocenters. The van der Waals surface area contributed by atoms with Gasteiger partial charge in [-0.3, -0.25) is 14.5 Å². The number of aliphatic hydroxyl groups is 1. The predicted molar refractivity (Wildman–Crippen MR) is 135 cm³/mol. The maximum Gasteiger partial charge on any atom is 0.291 e. The Hall–Kier alpha value is -3.83. The molecule has 4 rings (SSSR count). The van der Waals surface area contributed by atoms with Crippen LogP contribution in [0.4, 0.5) is 5.69 Å². The lowest BCUT2D eigenvalue weighted by Gasteiger charge is -2.37. The smallest absolute Gasteiger partial charge is 0.291 e.